The first-order valence-electron chi connectivity index (χ1n) is 11.6. The molecule has 0 bridgehead atoms. The molecule has 0 radical (unpaired) electrons. The third kappa shape index (κ3) is 4.17. The molecule has 3 atom stereocenters. The monoisotopic (exact) mass is 496 g/mol. The van der Waals surface area contributed by atoms with E-state index in [2.05, 4.69) is 45.7 Å². The lowest BCUT2D eigenvalue weighted by Gasteiger charge is -2.30. The van der Waals surface area contributed by atoms with E-state index in [1.165, 1.54) is 5.56 Å². The van der Waals surface area contributed by atoms with Crippen molar-refractivity contribution in [2.24, 2.45) is 0 Å². The van der Waals surface area contributed by atoms with Crippen molar-refractivity contribution < 1.29 is 9.47 Å². The number of methoxy groups -OCH3 is 1. The van der Waals surface area contributed by atoms with E-state index in [-0.39, 0.29) is 18.2 Å². The number of halogens is 1. The van der Waals surface area contributed by atoms with E-state index in [1.54, 1.807) is 7.11 Å². The second-order valence-corrected chi connectivity index (χ2v) is 9.72. The normalized spacial score (nSPS) is 22.3. The average Bonchev–Trinajstić information content (AvgIpc) is 3.53. The van der Waals surface area contributed by atoms with Crippen LogP contribution in [-0.4, -0.2) is 45.9 Å². The highest BCUT2D eigenvalue weighted by Crippen LogP contribution is 2.42. The van der Waals surface area contributed by atoms with E-state index in [4.69, 9.17) is 33.3 Å². The predicted molar refractivity (Wildman–Crippen MR) is 138 cm³/mol. The number of nitrogens with one attached hydrogen (secondary N) is 1. The molecular formula is C26H29ClN4O2S. The topological polar surface area (TPSA) is 51.5 Å². The zero-order chi connectivity index (χ0) is 23.8. The van der Waals surface area contributed by atoms with Gasteiger partial charge in [-0.25, -0.2) is 0 Å². The second-order valence-electron chi connectivity index (χ2n) is 8.89. The number of nitrogens with zero attached hydrogens (tertiary/aromatic N) is 3. The molecule has 0 unspecified atom stereocenters. The van der Waals surface area contributed by atoms with Gasteiger partial charge in [-0.2, -0.15) is 0 Å². The van der Waals surface area contributed by atoms with E-state index in [1.807, 2.05) is 36.5 Å². The number of aromatic nitrogens is 2. The summed E-state index contributed by atoms with van der Waals surface area (Å²) in [6.45, 7) is 5.82. The first-order chi connectivity index (χ1) is 16.5. The Morgan fingerprint density at radius 1 is 1.24 bits per heavy atom. The number of rotatable bonds is 6. The number of pyridine rings is 1. The van der Waals surface area contributed by atoms with Crippen molar-refractivity contribution in [2.75, 3.05) is 20.3 Å². The number of hydrogen-bond acceptors (Lipinski definition) is 4. The molecular weight excluding hydrogens is 468 g/mol. The fraction of sp³-hybridized carbons (Fsp3) is 0.385. The van der Waals surface area contributed by atoms with Crippen LogP contribution >= 0.6 is 23.8 Å². The number of benzene rings is 1. The maximum Gasteiger partial charge on any atom is 0.170 e. The first kappa shape index (κ1) is 23.1. The van der Waals surface area contributed by atoms with Crippen LogP contribution in [0.4, 0.5) is 0 Å². The van der Waals surface area contributed by atoms with Gasteiger partial charge in [0, 0.05) is 35.8 Å². The number of ether oxygens (including phenoxy) is 2. The molecule has 4 heterocycles. The van der Waals surface area contributed by atoms with Crippen LogP contribution in [0.2, 0.25) is 5.02 Å². The summed E-state index contributed by atoms with van der Waals surface area (Å²) < 4.78 is 13.9. The average molecular weight is 497 g/mol. The Kier molecular flexibility index (Phi) is 6.51. The summed E-state index contributed by atoms with van der Waals surface area (Å²) in [5.41, 5.74) is 5.30. The van der Waals surface area contributed by atoms with Crippen molar-refractivity contribution in [3.8, 4) is 11.4 Å². The molecule has 1 N–H and O–H groups in total. The lowest BCUT2D eigenvalue weighted by atomic mass is 9.96. The second kappa shape index (κ2) is 9.56. The highest BCUT2D eigenvalue weighted by atomic mass is 35.5. The van der Waals surface area contributed by atoms with Gasteiger partial charge >= 0.3 is 0 Å². The quantitative estimate of drug-likeness (QED) is 0.467. The van der Waals surface area contributed by atoms with E-state index in [9.17, 15) is 0 Å². The lowest BCUT2D eigenvalue weighted by molar-refractivity contribution is 0.0842. The number of hydrogen-bond donors (Lipinski definition) is 1. The van der Waals surface area contributed by atoms with Crippen molar-refractivity contribution in [1.29, 1.82) is 0 Å². The van der Waals surface area contributed by atoms with Crippen molar-refractivity contribution in [1.82, 2.24) is 19.8 Å². The van der Waals surface area contributed by atoms with Crippen LogP contribution in [0.25, 0.3) is 5.69 Å². The SMILES string of the molecule is COc1ccc(Cl)cc1-n1c(C)cc([C@H]2[C@@H](c3ccccn3)NC(=S)N2C[C@@H]2CCCO2)c1C. The minimum absolute atomic E-state index is 0.0169. The smallest absolute Gasteiger partial charge is 0.170 e. The van der Waals surface area contributed by atoms with Crippen LogP contribution < -0.4 is 10.1 Å². The summed E-state index contributed by atoms with van der Waals surface area (Å²) in [4.78, 5) is 6.95. The molecule has 2 fully saturated rings. The lowest BCUT2D eigenvalue weighted by Crippen LogP contribution is -2.36. The molecule has 6 nitrogen and oxygen atoms in total. The Labute approximate surface area is 210 Å². The fourth-order valence-corrected chi connectivity index (χ4v) is 5.73. The van der Waals surface area contributed by atoms with Gasteiger partial charge in [-0.15, -0.1) is 0 Å². The number of thiocarbonyl (C=S) groups is 1. The van der Waals surface area contributed by atoms with E-state index in [0.29, 0.717) is 5.02 Å². The molecule has 0 amide bonds. The van der Waals surface area contributed by atoms with Gasteiger partial charge in [0.05, 0.1) is 36.7 Å². The minimum Gasteiger partial charge on any atom is -0.495 e. The molecule has 8 heteroatoms. The summed E-state index contributed by atoms with van der Waals surface area (Å²) in [6, 6.07) is 13.9. The van der Waals surface area contributed by atoms with E-state index in [0.717, 1.165) is 59.6 Å². The Morgan fingerprint density at radius 2 is 2.09 bits per heavy atom. The van der Waals surface area contributed by atoms with Gasteiger partial charge in [0.1, 0.15) is 5.75 Å². The molecule has 2 saturated heterocycles. The van der Waals surface area contributed by atoms with Crippen LogP contribution in [0.5, 0.6) is 5.75 Å². The van der Waals surface area contributed by atoms with Crippen molar-refractivity contribution in [3.05, 3.63) is 76.3 Å². The van der Waals surface area contributed by atoms with Crippen molar-refractivity contribution in [2.45, 2.75) is 44.9 Å². The molecule has 3 aromatic rings. The van der Waals surface area contributed by atoms with Gasteiger partial charge in [-0.1, -0.05) is 17.7 Å². The molecule has 2 aliphatic rings. The Hall–Kier alpha value is -2.61. The summed E-state index contributed by atoms with van der Waals surface area (Å²) in [7, 11) is 1.68. The van der Waals surface area contributed by atoms with Gasteiger partial charge in [0.25, 0.3) is 0 Å². The third-order valence-corrected chi connectivity index (χ3v) is 7.38. The standard InChI is InChI=1S/C26H29ClN4O2S/c1-16-13-20(17(2)31(16)22-14-18(27)9-10-23(22)32-3)25-24(21-8-4-5-11-28-21)29-26(34)30(25)15-19-7-6-12-33-19/h4-5,8-11,13-14,19,24-25H,6-7,12,15H2,1-3H3,(H,29,34)/t19-,24+,25-/m0/s1. The van der Waals surface area contributed by atoms with Crippen LogP contribution in [0.3, 0.4) is 0 Å². The molecule has 1 aromatic carbocycles. The van der Waals surface area contributed by atoms with Gasteiger partial charge < -0.3 is 24.3 Å². The van der Waals surface area contributed by atoms with Gasteiger partial charge in [-0.05, 0) is 80.9 Å². The summed E-state index contributed by atoms with van der Waals surface area (Å²) in [6.07, 6.45) is 4.16. The summed E-state index contributed by atoms with van der Waals surface area (Å²) in [5, 5.41) is 4.96. The van der Waals surface area contributed by atoms with Gasteiger partial charge in [0.15, 0.2) is 5.11 Å². The first-order valence-corrected chi connectivity index (χ1v) is 12.4. The number of aryl methyl sites for hydroxylation is 1. The molecule has 5 rings (SSSR count). The van der Waals surface area contributed by atoms with Crippen molar-refractivity contribution in [3.63, 3.8) is 0 Å². The van der Waals surface area contributed by atoms with Crippen LogP contribution in [0.1, 0.15) is 47.6 Å². The predicted octanol–water partition coefficient (Wildman–Crippen LogP) is 5.30. The molecule has 2 aliphatic heterocycles. The fourth-order valence-electron chi connectivity index (χ4n) is 5.24. The van der Waals surface area contributed by atoms with Crippen LogP contribution in [0, 0.1) is 13.8 Å². The molecule has 0 aliphatic carbocycles. The third-order valence-electron chi connectivity index (χ3n) is 6.79. The van der Waals surface area contributed by atoms with Crippen LogP contribution in [-0.2, 0) is 4.74 Å². The Balaban J connectivity index is 1.62. The maximum atomic E-state index is 6.38. The zero-order valence-corrected chi connectivity index (χ0v) is 21.2. The molecule has 178 valence electrons. The van der Waals surface area contributed by atoms with E-state index >= 15 is 0 Å². The highest BCUT2D eigenvalue weighted by molar-refractivity contribution is 7.80. The largest absolute Gasteiger partial charge is 0.495 e. The van der Waals surface area contributed by atoms with Crippen LogP contribution in [0.15, 0.2) is 48.7 Å². The summed E-state index contributed by atoms with van der Waals surface area (Å²) in [5.74, 6) is 0.773. The molecule has 0 saturated carbocycles. The van der Waals surface area contributed by atoms with Gasteiger partial charge in [0.2, 0.25) is 0 Å². The summed E-state index contributed by atoms with van der Waals surface area (Å²) >= 11 is 12.2. The minimum atomic E-state index is -0.0645. The Morgan fingerprint density at radius 3 is 2.79 bits per heavy atom. The molecule has 0 spiro atoms. The highest BCUT2D eigenvalue weighted by Gasteiger charge is 2.42. The van der Waals surface area contributed by atoms with Crippen molar-refractivity contribution >= 4 is 28.9 Å². The Bertz CT molecular complexity index is 1190. The van der Waals surface area contributed by atoms with Gasteiger partial charge in [-0.3, -0.25) is 4.98 Å². The van der Waals surface area contributed by atoms with E-state index < -0.39 is 0 Å². The molecule has 34 heavy (non-hydrogen) atoms. The zero-order valence-electron chi connectivity index (χ0n) is 19.6. The molecule has 2 aromatic heterocycles. The maximum absolute atomic E-state index is 6.38.